The quantitative estimate of drug-likeness (QED) is 0.675. The Bertz CT molecular complexity index is 934. The summed E-state index contributed by atoms with van der Waals surface area (Å²) >= 11 is 0. The highest BCUT2D eigenvalue weighted by Gasteiger charge is 2.27. The Balaban J connectivity index is 0.00000300. The Morgan fingerprint density at radius 2 is 1.83 bits per heavy atom. The Kier molecular flexibility index (Phi) is 7.53. The number of carbonyl (C=O) groups is 2. The van der Waals surface area contributed by atoms with E-state index in [-0.39, 0.29) is 29.9 Å². The third-order valence-electron chi connectivity index (χ3n) is 5.20. The molecular weight excluding hydrogens is 396 g/mol. The van der Waals surface area contributed by atoms with Crippen LogP contribution >= 0.6 is 12.4 Å². The third kappa shape index (κ3) is 5.21. The predicted molar refractivity (Wildman–Crippen MR) is 111 cm³/mol. The zero-order valence-corrected chi connectivity index (χ0v) is 16.9. The maximum absolute atomic E-state index is 12.7. The minimum absolute atomic E-state index is 0. The van der Waals surface area contributed by atoms with E-state index in [9.17, 15) is 14.4 Å². The number of carboxylic acids is 1. The normalized spacial score (nSPS) is 18.6. The lowest BCUT2D eigenvalue weighted by Crippen LogP contribution is -2.41. The Morgan fingerprint density at radius 1 is 1.21 bits per heavy atom. The number of aliphatic carboxylic acids is 1. The van der Waals surface area contributed by atoms with Crippen molar-refractivity contribution in [1.29, 1.82) is 0 Å². The number of nitrogens with zero attached hydrogens (tertiary/aromatic N) is 2. The van der Waals surface area contributed by atoms with E-state index in [1.807, 2.05) is 24.3 Å². The van der Waals surface area contributed by atoms with Crippen molar-refractivity contribution in [2.45, 2.75) is 38.3 Å². The van der Waals surface area contributed by atoms with Crippen LogP contribution in [0.4, 0.5) is 0 Å². The van der Waals surface area contributed by atoms with Gasteiger partial charge in [0, 0.05) is 25.2 Å². The number of nitrogens with one attached hydrogen (secondary N) is 1. The molecule has 3 rings (SSSR count). The molecule has 1 aromatic heterocycles. The van der Waals surface area contributed by atoms with Gasteiger partial charge in [0.1, 0.15) is 5.56 Å². The van der Waals surface area contributed by atoms with Crippen LogP contribution in [0.3, 0.4) is 0 Å². The molecule has 0 atom stereocenters. The molecule has 1 fully saturated rings. The van der Waals surface area contributed by atoms with Crippen LogP contribution in [0.15, 0.2) is 35.1 Å². The smallest absolute Gasteiger partial charge is 0.306 e. The van der Waals surface area contributed by atoms with Crippen LogP contribution in [-0.4, -0.2) is 32.8 Å². The fraction of sp³-hybridized carbons (Fsp3) is 0.400. The molecule has 1 aliphatic carbocycles. The molecule has 0 spiro atoms. The molecule has 4 N–H and O–H groups in total. The van der Waals surface area contributed by atoms with Crippen molar-refractivity contribution in [3.8, 4) is 11.3 Å². The number of halogens is 1. The lowest BCUT2D eigenvalue weighted by atomic mass is 9.86. The molecule has 1 heterocycles. The van der Waals surface area contributed by atoms with Gasteiger partial charge in [-0.3, -0.25) is 14.4 Å². The molecule has 1 amide bonds. The second kappa shape index (κ2) is 9.67. The maximum atomic E-state index is 12.7. The number of aromatic nitrogens is 2. The maximum Gasteiger partial charge on any atom is 0.306 e. The summed E-state index contributed by atoms with van der Waals surface area (Å²) in [5, 5.41) is 16.2. The summed E-state index contributed by atoms with van der Waals surface area (Å²) in [4.78, 5) is 36.2. The van der Waals surface area contributed by atoms with Gasteiger partial charge in [0.25, 0.3) is 11.5 Å². The van der Waals surface area contributed by atoms with Crippen LogP contribution < -0.4 is 16.6 Å². The minimum atomic E-state index is -0.793. The van der Waals surface area contributed by atoms with Crippen molar-refractivity contribution in [3.05, 3.63) is 51.8 Å². The number of amides is 1. The summed E-state index contributed by atoms with van der Waals surface area (Å²) in [6.45, 7) is 0.429. The lowest BCUT2D eigenvalue weighted by Gasteiger charge is -2.26. The van der Waals surface area contributed by atoms with Crippen LogP contribution in [-0.2, 0) is 18.4 Å². The summed E-state index contributed by atoms with van der Waals surface area (Å²) in [5.74, 6) is -1.61. The van der Waals surface area contributed by atoms with E-state index in [4.69, 9.17) is 10.8 Å². The van der Waals surface area contributed by atoms with E-state index in [1.54, 1.807) is 0 Å². The van der Waals surface area contributed by atoms with E-state index < -0.39 is 17.4 Å². The van der Waals surface area contributed by atoms with Gasteiger partial charge in [0.2, 0.25) is 0 Å². The van der Waals surface area contributed by atoms with Crippen molar-refractivity contribution in [3.63, 3.8) is 0 Å². The van der Waals surface area contributed by atoms with E-state index in [0.29, 0.717) is 37.9 Å². The van der Waals surface area contributed by atoms with E-state index in [2.05, 4.69) is 10.4 Å². The largest absolute Gasteiger partial charge is 0.481 e. The predicted octanol–water partition coefficient (Wildman–Crippen LogP) is 1.70. The first-order valence-electron chi connectivity index (χ1n) is 9.30. The third-order valence-corrected chi connectivity index (χ3v) is 5.20. The van der Waals surface area contributed by atoms with E-state index in [0.717, 1.165) is 15.8 Å². The molecule has 1 saturated carbocycles. The summed E-state index contributed by atoms with van der Waals surface area (Å²) in [6, 6.07) is 8.82. The molecule has 0 radical (unpaired) electrons. The van der Waals surface area contributed by atoms with Gasteiger partial charge in [-0.25, -0.2) is 4.68 Å². The SMILES string of the molecule is Cl.Cn1nc(-c2ccc(CN)cc2)cc(C(=O)N[C@H]2CC[C@H](C(=O)O)CC2)c1=O. The molecule has 0 bridgehead atoms. The molecule has 156 valence electrons. The van der Waals surface area contributed by atoms with Gasteiger partial charge in [0.15, 0.2) is 0 Å². The summed E-state index contributed by atoms with van der Waals surface area (Å²) in [7, 11) is 1.51. The monoisotopic (exact) mass is 420 g/mol. The molecule has 0 unspecified atom stereocenters. The van der Waals surface area contributed by atoms with E-state index >= 15 is 0 Å². The van der Waals surface area contributed by atoms with Crippen molar-refractivity contribution in [1.82, 2.24) is 15.1 Å². The highest BCUT2D eigenvalue weighted by atomic mass is 35.5. The Hall–Kier alpha value is -2.71. The van der Waals surface area contributed by atoms with Crippen molar-refractivity contribution < 1.29 is 14.7 Å². The first-order chi connectivity index (χ1) is 13.4. The number of hydrogen-bond acceptors (Lipinski definition) is 5. The van der Waals surface area contributed by atoms with Crippen LogP contribution in [0.25, 0.3) is 11.3 Å². The van der Waals surface area contributed by atoms with Crippen LogP contribution in [0.2, 0.25) is 0 Å². The van der Waals surface area contributed by atoms with Crippen LogP contribution in [0.5, 0.6) is 0 Å². The van der Waals surface area contributed by atoms with Crippen LogP contribution in [0, 0.1) is 5.92 Å². The second-order valence-electron chi connectivity index (χ2n) is 7.13. The topological polar surface area (TPSA) is 127 Å². The number of hydrogen-bond donors (Lipinski definition) is 3. The Labute approximate surface area is 174 Å². The highest BCUT2D eigenvalue weighted by Crippen LogP contribution is 2.24. The van der Waals surface area contributed by atoms with Crippen molar-refractivity contribution in [2.24, 2.45) is 18.7 Å². The standard InChI is InChI=1S/C20H24N4O4.ClH/c1-24-19(26)16(10-17(23-24)13-4-2-12(11-21)3-5-13)18(25)22-15-8-6-14(7-9-15)20(27)28;/h2-5,10,14-15H,6-9,11,21H2,1H3,(H,22,25)(H,27,28);1H/t14-,15-;. The molecular formula is C20H25ClN4O4. The van der Waals surface area contributed by atoms with Gasteiger partial charge < -0.3 is 16.2 Å². The zero-order valence-electron chi connectivity index (χ0n) is 16.1. The highest BCUT2D eigenvalue weighted by molar-refractivity contribution is 5.95. The Morgan fingerprint density at radius 3 is 2.38 bits per heavy atom. The number of carboxylic acid groups (broad SMARTS) is 1. The van der Waals surface area contributed by atoms with Gasteiger partial charge in [-0.15, -0.1) is 12.4 Å². The summed E-state index contributed by atoms with van der Waals surface area (Å²) in [5.41, 5.74) is 7.44. The van der Waals surface area contributed by atoms with Crippen LogP contribution in [0.1, 0.15) is 41.6 Å². The van der Waals surface area contributed by atoms with Crippen molar-refractivity contribution >= 4 is 24.3 Å². The fourth-order valence-electron chi connectivity index (χ4n) is 3.47. The average Bonchev–Trinajstić information content (AvgIpc) is 2.70. The molecule has 0 aliphatic heterocycles. The molecule has 1 aliphatic rings. The first kappa shape index (κ1) is 22.6. The summed E-state index contributed by atoms with van der Waals surface area (Å²) in [6.07, 6.45) is 2.21. The first-order valence-corrected chi connectivity index (χ1v) is 9.30. The zero-order chi connectivity index (χ0) is 20.3. The molecule has 8 nitrogen and oxygen atoms in total. The number of carbonyl (C=O) groups excluding carboxylic acids is 1. The fourth-order valence-corrected chi connectivity index (χ4v) is 3.47. The molecule has 0 saturated heterocycles. The number of aryl methyl sites for hydroxylation is 1. The number of rotatable bonds is 5. The van der Waals surface area contributed by atoms with E-state index in [1.165, 1.54) is 13.1 Å². The minimum Gasteiger partial charge on any atom is -0.481 e. The number of benzene rings is 1. The summed E-state index contributed by atoms with van der Waals surface area (Å²) < 4.78 is 1.16. The molecule has 1 aromatic carbocycles. The number of nitrogens with two attached hydrogens (primary N) is 1. The van der Waals surface area contributed by atoms with Crippen molar-refractivity contribution in [2.75, 3.05) is 0 Å². The van der Waals surface area contributed by atoms with Gasteiger partial charge >= 0.3 is 5.97 Å². The lowest BCUT2D eigenvalue weighted by molar-refractivity contribution is -0.142. The molecule has 29 heavy (non-hydrogen) atoms. The van der Waals surface area contributed by atoms with Gasteiger partial charge in [-0.2, -0.15) is 5.10 Å². The molecule has 9 heteroatoms. The average molecular weight is 421 g/mol. The second-order valence-corrected chi connectivity index (χ2v) is 7.13. The van der Waals surface area contributed by atoms with Gasteiger partial charge in [0.05, 0.1) is 11.6 Å². The van der Waals surface area contributed by atoms with Gasteiger partial charge in [-0.05, 0) is 37.3 Å². The van der Waals surface area contributed by atoms with Gasteiger partial charge in [-0.1, -0.05) is 24.3 Å². The molecule has 2 aromatic rings.